The zero-order chi connectivity index (χ0) is 14.5. The average molecular weight is 295 g/mol. The number of ether oxygens (including phenoxy) is 1. The summed E-state index contributed by atoms with van der Waals surface area (Å²) in [6.45, 7) is -0.0642. The minimum atomic E-state index is -0.810. The lowest BCUT2D eigenvalue weighted by atomic mass is 10.2. The summed E-state index contributed by atoms with van der Waals surface area (Å²) >= 11 is 5.52. The van der Waals surface area contributed by atoms with E-state index < -0.39 is 17.4 Å². The molecule has 3 nitrogen and oxygen atoms in total. The normalized spacial score (nSPS) is 10.1. The van der Waals surface area contributed by atoms with Crippen LogP contribution in [0.2, 0.25) is 0 Å². The predicted molar refractivity (Wildman–Crippen MR) is 69.2 cm³/mol. The molecule has 0 atom stereocenters. The molecule has 0 saturated heterocycles. The largest absolute Gasteiger partial charge is 0.483 e. The number of pyridine rings is 1. The second kappa shape index (κ2) is 6.31. The monoisotopic (exact) mass is 294 g/mol. The van der Waals surface area contributed by atoms with E-state index in [0.29, 0.717) is 11.1 Å². The van der Waals surface area contributed by atoms with Crippen molar-refractivity contribution in [2.45, 2.75) is 12.5 Å². The van der Waals surface area contributed by atoms with Crippen molar-refractivity contribution in [2.75, 3.05) is 0 Å². The summed E-state index contributed by atoms with van der Waals surface area (Å²) in [5.41, 5.74) is 1.14. The highest BCUT2D eigenvalue weighted by Gasteiger charge is 2.12. The zero-order valence-corrected chi connectivity index (χ0v) is 11.0. The molecule has 0 unspecified atom stereocenters. The highest BCUT2D eigenvalue weighted by molar-refractivity contribution is 6.17. The standard InChI is InChI=1S/C14H9ClF2N2O/c15-6-10-4-12(16)14(13(17)5-10)20-8-9-1-2-19-11(3-9)7-18/h1-5H,6,8H2. The molecular formula is C14H9ClF2N2O. The molecule has 0 fully saturated rings. The van der Waals surface area contributed by atoms with Crippen molar-refractivity contribution in [2.24, 2.45) is 0 Å². The van der Waals surface area contributed by atoms with Crippen LogP contribution in [0.15, 0.2) is 30.5 Å². The van der Waals surface area contributed by atoms with E-state index in [9.17, 15) is 8.78 Å². The van der Waals surface area contributed by atoms with E-state index in [1.807, 2.05) is 6.07 Å². The number of benzene rings is 1. The van der Waals surface area contributed by atoms with Crippen LogP contribution in [0, 0.1) is 23.0 Å². The molecule has 0 aliphatic carbocycles. The van der Waals surface area contributed by atoms with Crippen LogP contribution in [0.4, 0.5) is 8.78 Å². The van der Waals surface area contributed by atoms with Gasteiger partial charge in [-0.05, 0) is 35.4 Å². The molecule has 0 saturated carbocycles. The Bertz CT molecular complexity index is 647. The number of aromatic nitrogens is 1. The average Bonchev–Trinajstić information content (AvgIpc) is 2.46. The maximum absolute atomic E-state index is 13.7. The molecule has 1 heterocycles. The van der Waals surface area contributed by atoms with E-state index in [4.69, 9.17) is 21.6 Å². The van der Waals surface area contributed by atoms with Gasteiger partial charge in [0, 0.05) is 12.1 Å². The van der Waals surface area contributed by atoms with Gasteiger partial charge in [0.1, 0.15) is 18.4 Å². The molecule has 0 amide bonds. The minimum absolute atomic E-state index is 0.0179. The summed E-state index contributed by atoms with van der Waals surface area (Å²) in [6.07, 6.45) is 1.43. The Kier molecular flexibility index (Phi) is 4.49. The lowest BCUT2D eigenvalue weighted by Gasteiger charge is -2.09. The SMILES string of the molecule is N#Cc1cc(COc2c(F)cc(CCl)cc2F)ccn1. The van der Waals surface area contributed by atoms with Gasteiger partial charge in [-0.25, -0.2) is 13.8 Å². The first kappa shape index (κ1) is 14.2. The molecule has 2 rings (SSSR count). The van der Waals surface area contributed by atoms with Crippen LogP contribution < -0.4 is 4.74 Å². The third-order valence-corrected chi connectivity index (χ3v) is 2.84. The molecule has 0 radical (unpaired) electrons. The summed E-state index contributed by atoms with van der Waals surface area (Å²) in [4.78, 5) is 3.79. The van der Waals surface area contributed by atoms with Gasteiger partial charge < -0.3 is 4.74 Å². The van der Waals surface area contributed by atoms with Gasteiger partial charge in [0.25, 0.3) is 0 Å². The van der Waals surface area contributed by atoms with Crippen molar-refractivity contribution in [3.05, 3.63) is 58.9 Å². The summed E-state index contributed by atoms with van der Waals surface area (Å²) in [5.74, 6) is -2.07. The fraction of sp³-hybridized carbons (Fsp3) is 0.143. The van der Waals surface area contributed by atoms with E-state index in [-0.39, 0.29) is 18.2 Å². The minimum Gasteiger partial charge on any atom is -0.483 e. The number of hydrogen-bond donors (Lipinski definition) is 0. The number of nitriles is 1. The predicted octanol–water partition coefficient (Wildman–Crippen LogP) is 3.55. The van der Waals surface area contributed by atoms with Crippen LogP contribution in [-0.4, -0.2) is 4.98 Å². The van der Waals surface area contributed by atoms with Gasteiger partial charge in [0.05, 0.1) is 0 Å². The van der Waals surface area contributed by atoms with Gasteiger partial charge in [0.2, 0.25) is 0 Å². The van der Waals surface area contributed by atoms with Crippen molar-refractivity contribution >= 4 is 11.6 Å². The first-order chi connectivity index (χ1) is 9.63. The van der Waals surface area contributed by atoms with Crippen molar-refractivity contribution in [3.8, 4) is 11.8 Å². The summed E-state index contributed by atoms with van der Waals surface area (Å²) < 4.78 is 32.4. The molecule has 0 bridgehead atoms. The summed E-state index contributed by atoms with van der Waals surface area (Å²) in [6, 6.07) is 7.21. The molecule has 0 aliphatic rings. The van der Waals surface area contributed by atoms with Gasteiger partial charge in [-0.3, -0.25) is 0 Å². The summed E-state index contributed by atoms with van der Waals surface area (Å²) in [7, 11) is 0. The van der Waals surface area contributed by atoms with Gasteiger partial charge in [-0.15, -0.1) is 11.6 Å². The Balaban J connectivity index is 2.17. The van der Waals surface area contributed by atoms with Crippen molar-refractivity contribution in [1.29, 1.82) is 5.26 Å². The lowest BCUT2D eigenvalue weighted by molar-refractivity contribution is 0.274. The third-order valence-electron chi connectivity index (χ3n) is 2.53. The Morgan fingerprint density at radius 3 is 2.50 bits per heavy atom. The maximum atomic E-state index is 13.7. The third kappa shape index (κ3) is 3.22. The van der Waals surface area contributed by atoms with Crippen LogP contribution in [0.3, 0.4) is 0 Å². The molecule has 102 valence electrons. The summed E-state index contributed by atoms with van der Waals surface area (Å²) in [5, 5.41) is 8.71. The second-order valence-electron chi connectivity index (χ2n) is 3.97. The van der Waals surface area contributed by atoms with Crippen LogP contribution >= 0.6 is 11.6 Å². The topological polar surface area (TPSA) is 45.9 Å². The smallest absolute Gasteiger partial charge is 0.191 e. The molecule has 20 heavy (non-hydrogen) atoms. The second-order valence-corrected chi connectivity index (χ2v) is 4.24. The molecule has 6 heteroatoms. The van der Waals surface area contributed by atoms with Gasteiger partial charge in [-0.1, -0.05) is 0 Å². The fourth-order valence-corrected chi connectivity index (χ4v) is 1.76. The molecule has 2 aromatic rings. The molecule has 0 spiro atoms. The molecular weight excluding hydrogens is 286 g/mol. The van der Waals surface area contributed by atoms with Gasteiger partial charge in [0.15, 0.2) is 17.4 Å². The van der Waals surface area contributed by atoms with Gasteiger partial charge in [-0.2, -0.15) is 5.26 Å². The Hall–Kier alpha value is -2.19. The van der Waals surface area contributed by atoms with E-state index >= 15 is 0 Å². The Labute approximate surface area is 119 Å². The van der Waals surface area contributed by atoms with Crippen LogP contribution in [0.25, 0.3) is 0 Å². The van der Waals surface area contributed by atoms with Crippen molar-refractivity contribution < 1.29 is 13.5 Å². The molecule has 1 aromatic heterocycles. The highest BCUT2D eigenvalue weighted by atomic mass is 35.5. The number of hydrogen-bond acceptors (Lipinski definition) is 3. The molecule has 1 aromatic carbocycles. The molecule has 0 N–H and O–H groups in total. The maximum Gasteiger partial charge on any atom is 0.191 e. The van der Waals surface area contributed by atoms with Crippen LogP contribution in [0.1, 0.15) is 16.8 Å². The molecule has 0 aliphatic heterocycles. The van der Waals surface area contributed by atoms with Crippen LogP contribution in [-0.2, 0) is 12.5 Å². The van der Waals surface area contributed by atoms with E-state index in [1.54, 1.807) is 6.07 Å². The number of halogens is 3. The van der Waals surface area contributed by atoms with E-state index in [0.717, 1.165) is 12.1 Å². The number of rotatable bonds is 4. The number of nitrogens with zero attached hydrogens (tertiary/aromatic N) is 2. The highest BCUT2D eigenvalue weighted by Crippen LogP contribution is 2.25. The van der Waals surface area contributed by atoms with E-state index in [2.05, 4.69) is 4.98 Å². The van der Waals surface area contributed by atoms with Crippen LogP contribution in [0.5, 0.6) is 5.75 Å². The zero-order valence-electron chi connectivity index (χ0n) is 10.2. The van der Waals surface area contributed by atoms with Crippen molar-refractivity contribution in [1.82, 2.24) is 4.98 Å². The Morgan fingerprint density at radius 2 is 1.90 bits per heavy atom. The quantitative estimate of drug-likeness (QED) is 0.810. The first-order valence-corrected chi connectivity index (χ1v) is 6.19. The van der Waals surface area contributed by atoms with Gasteiger partial charge >= 0.3 is 0 Å². The Morgan fingerprint density at radius 1 is 1.20 bits per heavy atom. The number of alkyl halides is 1. The first-order valence-electron chi connectivity index (χ1n) is 5.65. The fourth-order valence-electron chi connectivity index (χ4n) is 1.61. The lowest BCUT2D eigenvalue weighted by Crippen LogP contribution is -2.01. The van der Waals surface area contributed by atoms with Crippen molar-refractivity contribution in [3.63, 3.8) is 0 Å². The van der Waals surface area contributed by atoms with E-state index in [1.165, 1.54) is 12.3 Å².